The van der Waals surface area contributed by atoms with E-state index < -0.39 is 0 Å². The third-order valence-electron chi connectivity index (χ3n) is 2.33. The molecule has 2 heteroatoms. The number of anilines is 1. The van der Waals surface area contributed by atoms with Crippen LogP contribution in [0.2, 0.25) is 0 Å². The molecule has 0 saturated carbocycles. The number of nitrogens with one attached hydrogen (secondary N) is 1. The molecule has 0 bridgehead atoms. The minimum atomic E-state index is 0.909. The summed E-state index contributed by atoms with van der Waals surface area (Å²) in [5.74, 6) is 0.909. The van der Waals surface area contributed by atoms with Gasteiger partial charge in [0.1, 0.15) is 5.82 Å². The van der Waals surface area contributed by atoms with E-state index in [1.807, 2.05) is 25.4 Å². The van der Waals surface area contributed by atoms with Gasteiger partial charge in [0.05, 0.1) is 0 Å². The second kappa shape index (κ2) is 4.60. The first kappa shape index (κ1) is 9.71. The molecule has 1 aromatic carbocycles. The van der Waals surface area contributed by atoms with Crippen LogP contribution in [0.5, 0.6) is 0 Å². The van der Waals surface area contributed by atoms with Gasteiger partial charge >= 0.3 is 0 Å². The van der Waals surface area contributed by atoms with Crippen LogP contribution in [0.25, 0.3) is 0 Å². The molecule has 2 aromatic rings. The molecule has 1 heterocycles. The van der Waals surface area contributed by atoms with Crippen molar-refractivity contribution in [3.63, 3.8) is 0 Å². The lowest BCUT2D eigenvalue weighted by molar-refractivity contribution is 1.14. The summed E-state index contributed by atoms with van der Waals surface area (Å²) >= 11 is 0. The van der Waals surface area contributed by atoms with E-state index in [4.69, 9.17) is 0 Å². The van der Waals surface area contributed by atoms with E-state index in [0.29, 0.717) is 0 Å². The van der Waals surface area contributed by atoms with Gasteiger partial charge in [0, 0.05) is 13.2 Å². The molecule has 0 radical (unpaired) electrons. The van der Waals surface area contributed by atoms with Gasteiger partial charge in [-0.05, 0) is 23.6 Å². The van der Waals surface area contributed by atoms with E-state index in [1.54, 1.807) is 0 Å². The van der Waals surface area contributed by atoms with E-state index in [9.17, 15) is 0 Å². The molecule has 15 heavy (non-hydrogen) atoms. The topological polar surface area (TPSA) is 24.9 Å². The van der Waals surface area contributed by atoms with Crippen LogP contribution in [0.4, 0.5) is 5.82 Å². The van der Waals surface area contributed by atoms with Gasteiger partial charge in [0.15, 0.2) is 0 Å². The normalized spacial score (nSPS) is 9.93. The zero-order valence-electron chi connectivity index (χ0n) is 8.77. The van der Waals surface area contributed by atoms with Gasteiger partial charge in [-0.2, -0.15) is 0 Å². The van der Waals surface area contributed by atoms with Crippen molar-refractivity contribution in [2.75, 3.05) is 12.4 Å². The lowest BCUT2D eigenvalue weighted by Gasteiger charge is -2.02. The Bertz CT molecular complexity index is 406. The molecule has 0 atom stereocenters. The highest BCUT2D eigenvalue weighted by Gasteiger charge is 1.96. The Morgan fingerprint density at radius 2 is 1.80 bits per heavy atom. The average Bonchev–Trinajstić information content (AvgIpc) is 2.31. The second-order valence-corrected chi connectivity index (χ2v) is 3.46. The van der Waals surface area contributed by atoms with Crippen molar-refractivity contribution in [3.8, 4) is 0 Å². The van der Waals surface area contributed by atoms with Crippen LogP contribution in [-0.2, 0) is 6.42 Å². The van der Waals surface area contributed by atoms with Crippen molar-refractivity contribution in [2.24, 2.45) is 0 Å². The molecule has 1 aromatic heterocycles. The zero-order chi connectivity index (χ0) is 10.5. The summed E-state index contributed by atoms with van der Waals surface area (Å²) in [5.41, 5.74) is 2.55. The smallest absolute Gasteiger partial charge is 0.125 e. The molecule has 2 nitrogen and oxygen atoms in total. The van der Waals surface area contributed by atoms with Crippen molar-refractivity contribution >= 4 is 5.82 Å². The van der Waals surface area contributed by atoms with Crippen LogP contribution in [0.3, 0.4) is 0 Å². The predicted molar refractivity (Wildman–Crippen MR) is 63.0 cm³/mol. The first-order chi connectivity index (χ1) is 7.38. The molecule has 2 rings (SSSR count). The summed E-state index contributed by atoms with van der Waals surface area (Å²) in [6.45, 7) is 0. The molecule has 0 unspecified atom stereocenters. The Morgan fingerprint density at radius 1 is 1.00 bits per heavy atom. The molecule has 0 amide bonds. The SMILES string of the molecule is CNc1ccc(Cc2ccccc2)cn1. The maximum Gasteiger partial charge on any atom is 0.125 e. The lowest BCUT2D eigenvalue weighted by atomic mass is 10.1. The molecule has 0 saturated heterocycles. The Labute approximate surface area is 90.0 Å². The number of rotatable bonds is 3. The summed E-state index contributed by atoms with van der Waals surface area (Å²) in [7, 11) is 1.87. The molecule has 76 valence electrons. The van der Waals surface area contributed by atoms with Gasteiger partial charge in [-0.15, -0.1) is 0 Å². The first-order valence-electron chi connectivity index (χ1n) is 5.05. The number of nitrogens with zero attached hydrogens (tertiary/aromatic N) is 1. The van der Waals surface area contributed by atoms with Crippen molar-refractivity contribution < 1.29 is 0 Å². The molecule has 0 aliphatic carbocycles. The third kappa shape index (κ3) is 2.56. The molecule has 0 aliphatic heterocycles. The number of aromatic nitrogens is 1. The Kier molecular flexibility index (Phi) is 2.98. The van der Waals surface area contributed by atoms with Crippen LogP contribution in [-0.4, -0.2) is 12.0 Å². The van der Waals surface area contributed by atoms with Gasteiger partial charge in [-0.3, -0.25) is 0 Å². The summed E-state index contributed by atoms with van der Waals surface area (Å²) < 4.78 is 0. The van der Waals surface area contributed by atoms with Gasteiger partial charge in [-0.1, -0.05) is 36.4 Å². The number of benzene rings is 1. The number of hydrogen-bond acceptors (Lipinski definition) is 2. The van der Waals surface area contributed by atoms with Gasteiger partial charge in [0.25, 0.3) is 0 Å². The van der Waals surface area contributed by atoms with E-state index in [1.165, 1.54) is 11.1 Å². The first-order valence-corrected chi connectivity index (χ1v) is 5.05. The van der Waals surface area contributed by atoms with Crippen LogP contribution >= 0.6 is 0 Å². The van der Waals surface area contributed by atoms with Crippen molar-refractivity contribution in [3.05, 3.63) is 59.8 Å². The van der Waals surface area contributed by atoms with E-state index in [0.717, 1.165) is 12.2 Å². The second-order valence-electron chi connectivity index (χ2n) is 3.46. The molecular weight excluding hydrogens is 184 g/mol. The van der Waals surface area contributed by atoms with Crippen molar-refractivity contribution in [1.29, 1.82) is 0 Å². The van der Waals surface area contributed by atoms with Crippen LogP contribution < -0.4 is 5.32 Å². The number of pyridine rings is 1. The highest BCUT2D eigenvalue weighted by Crippen LogP contribution is 2.10. The largest absolute Gasteiger partial charge is 0.373 e. The van der Waals surface area contributed by atoms with Crippen LogP contribution in [0.15, 0.2) is 48.7 Å². The molecule has 1 N–H and O–H groups in total. The van der Waals surface area contributed by atoms with Gasteiger partial charge in [0.2, 0.25) is 0 Å². The summed E-state index contributed by atoms with van der Waals surface area (Å²) in [5, 5.41) is 3.01. The number of hydrogen-bond donors (Lipinski definition) is 1. The quantitative estimate of drug-likeness (QED) is 0.820. The lowest BCUT2D eigenvalue weighted by Crippen LogP contribution is -1.93. The van der Waals surface area contributed by atoms with Gasteiger partial charge < -0.3 is 5.32 Å². The fourth-order valence-electron chi connectivity index (χ4n) is 1.51. The predicted octanol–water partition coefficient (Wildman–Crippen LogP) is 2.71. The van der Waals surface area contributed by atoms with Crippen LogP contribution in [0.1, 0.15) is 11.1 Å². The Balaban J connectivity index is 2.11. The molecule has 0 spiro atoms. The Morgan fingerprint density at radius 3 is 2.40 bits per heavy atom. The highest BCUT2D eigenvalue weighted by atomic mass is 14.9. The van der Waals surface area contributed by atoms with E-state index in [-0.39, 0.29) is 0 Å². The molecule has 0 aliphatic rings. The fourth-order valence-corrected chi connectivity index (χ4v) is 1.51. The van der Waals surface area contributed by atoms with E-state index >= 15 is 0 Å². The minimum absolute atomic E-state index is 0.909. The highest BCUT2D eigenvalue weighted by molar-refractivity contribution is 5.35. The van der Waals surface area contributed by atoms with Crippen LogP contribution in [0, 0.1) is 0 Å². The molecular formula is C13H14N2. The summed E-state index contributed by atoms with van der Waals surface area (Å²) in [4.78, 5) is 4.28. The van der Waals surface area contributed by atoms with Gasteiger partial charge in [-0.25, -0.2) is 4.98 Å². The monoisotopic (exact) mass is 198 g/mol. The standard InChI is InChI=1S/C13H14N2/c1-14-13-8-7-12(10-15-13)9-11-5-3-2-4-6-11/h2-8,10H,9H2,1H3,(H,14,15). The Hall–Kier alpha value is -1.83. The van der Waals surface area contributed by atoms with E-state index in [2.05, 4.69) is 40.6 Å². The minimum Gasteiger partial charge on any atom is -0.373 e. The summed E-state index contributed by atoms with van der Waals surface area (Å²) in [6.07, 6.45) is 2.86. The zero-order valence-corrected chi connectivity index (χ0v) is 8.77. The maximum atomic E-state index is 4.28. The maximum absolute atomic E-state index is 4.28. The van der Waals surface area contributed by atoms with Crippen molar-refractivity contribution in [2.45, 2.75) is 6.42 Å². The average molecular weight is 198 g/mol. The van der Waals surface area contributed by atoms with Crippen molar-refractivity contribution in [1.82, 2.24) is 4.98 Å². The fraction of sp³-hybridized carbons (Fsp3) is 0.154. The molecule has 0 fully saturated rings. The third-order valence-corrected chi connectivity index (χ3v) is 2.33. The summed E-state index contributed by atoms with van der Waals surface area (Å²) in [6, 6.07) is 14.5.